The van der Waals surface area contributed by atoms with Gasteiger partial charge in [0.15, 0.2) is 5.82 Å². The third kappa shape index (κ3) is 4.69. The molecule has 1 atom stereocenters. The Bertz CT molecular complexity index is 716. The van der Waals surface area contributed by atoms with Crippen molar-refractivity contribution in [1.29, 1.82) is 0 Å². The highest BCUT2D eigenvalue weighted by Gasteiger charge is 2.29. The molecule has 0 bridgehead atoms. The topological polar surface area (TPSA) is 59.2 Å². The van der Waals surface area contributed by atoms with Gasteiger partial charge < -0.3 is 9.42 Å². The van der Waals surface area contributed by atoms with Gasteiger partial charge in [-0.3, -0.25) is 4.79 Å². The molecule has 1 aromatic heterocycles. The van der Waals surface area contributed by atoms with Crippen LogP contribution in [0.15, 0.2) is 33.3 Å². The van der Waals surface area contributed by atoms with Gasteiger partial charge in [0.1, 0.15) is 0 Å². The summed E-state index contributed by atoms with van der Waals surface area (Å²) in [5.41, 5.74) is 1.21. The number of hydrogen-bond donors (Lipinski definition) is 0. The summed E-state index contributed by atoms with van der Waals surface area (Å²) < 4.78 is 6.30. The van der Waals surface area contributed by atoms with Crippen LogP contribution in [0, 0.1) is 0 Å². The molecule has 1 unspecified atom stereocenters. The molecule has 1 aromatic carbocycles. The molecule has 1 saturated heterocycles. The smallest absolute Gasteiger partial charge is 0.226 e. The van der Waals surface area contributed by atoms with Crippen molar-refractivity contribution in [2.75, 3.05) is 6.54 Å². The van der Waals surface area contributed by atoms with Gasteiger partial charge in [0, 0.05) is 30.3 Å². The number of likely N-dealkylation sites (tertiary alicyclic amines) is 1. The molecule has 0 N–H and O–H groups in total. The van der Waals surface area contributed by atoms with E-state index in [1.54, 1.807) is 0 Å². The van der Waals surface area contributed by atoms with Crippen molar-refractivity contribution in [2.45, 2.75) is 57.9 Å². The lowest BCUT2D eigenvalue weighted by molar-refractivity contribution is -0.132. The van der Waals surface area contributed by atoms with Crippen LogP contribution in [-0.2, 0) is 17.6 Å². The minimum atomic E-state index is 0.199. The molecule has 25 heavy (non-hydrogen) atoms. The number of benzene rings is 1. The Morgan fingerprint density at radius 1 is 1.40 bits per heavy atom. The Labute approximate surface area is 156 Å². The monoisotopic (exact) mass is 405 g/mol. The molecule has 6 heteroatoms. The highest BCUT2D eigenvalue weighted by atomic mass is 79.9. The number of amides is 1. The van der Waals surface area contributed by atoms with Gasteiger partial charge in [0.2, 0.25) is 11.8 Å². The maximum absolute atomic E-state index is 12.7. The molecule has 1 aliphatic heterocycles. The van der Waals surface area contributed by atoms with Gasteiger partial charge in [-0.15, -0.1) is 0 Å². The summed E-state index contributed by atoms with van der Waals surface area (Å²) in [4.78, 5) is 19.0. The van der Waals surface area contributed by atoms with Gasteiger partial charge >= 0.3 is 0 Å². The Morgan fingerprint density at radius 3 is 3.08 bits per heavy atom. The van der Waals surface area contributed by atoms with Crippen molar-refractivity contribution in [3.8, 4) is 0 Å². The first-order valence-electron chi connectivity index (χ1n) is 9.03. The number of hydrogen-bond acceptors (Lipinski definition) is 4. The first-order chi connectivity index (χ1) is 12.2. The Hall–Kier alpha value is -1.69. The van der Waals surface area contributed by atoms with Crippen LogP contribution in [0.3, 0.4) is 0 Å². The fourth-order valence-corrected chi connectivity index (χ4v) is 3.79. The van der Waals surface area contributed by atoms with E-state index >= 15 is 0 Å². The Morgan fingerprint density at radius 2 is 2.28 bits per heavy atom. The largest absolute Gasteiger partial charge is 0.339 e. The van der Waals surface area contributed by atoms with Gasteiger partial charge in [0.05, 0.1) is 6.04 Å². The Balaban J connectivity index is 1.53. The molecule has 0 spiro atoms. The van der Waals surface area contributed by atoms with Crippen molar-refractivity contribution in [3.05, 3.63) is 46.0 Å². The Kier molecular flexibility index (Phi) is 6.24. The van der Waals surface area contributed by atoms with Crippen molar-refractivity contribution in [1.82, 2.24) is 15.0 Å². The summed E-state index contributed by atoms with van der Waals surface area (Å²) in [6.45, 7) is 2.93. The third-order valence-electron chi connectivity index (χ3n) is 4.57. The van der Waals surface area contributed by atoms with Gasteiger partial charge in [-0.2, -0.15) is 4.98 Å². The molecule has 0 radical (unpaired) electrons. The van der Waals surface area contributed by atoms with E-state index in [4.69, 9.17) is 4.52 Å². The second-order valence-corrected chi connectivity index (χ2v) is 7.42. The summed E-state index contributed by atoms with van der Waals surface area (Å²) in [7, 11) is 0. The highest BCUT2D eigenvalue weighted by Crippen LogP contribution is 2.33. The van der Waals surface area contributed by atoms with Crippen LogP contribution in [0.1, 0.15) is 62.3 Å². The van der Waals surface area contributed by atoms with E-state index in [1.807, 2.05) is 17.0 Å². The van der Waals surface area contributed by atoms with Crippen LogP contribution in [0.5, 0.6) is 0 Å². The van der Waals surface area contributed by atoms with Crippen molar-refractivity contribution >= 4 is 21.8 Å². The van der Waals surface area contributed by atoms with E-state index in [-0.39, 0.29) is 11.9 Å². The number of aromatic nitrogens is 2. The first kappa shape index (κ1) is 18.1. The zero-order chi connectivity index (χ0) is 17.6. The second kappa shape index (κ2) is 8.61. The van der Waals surface area contributed by atoms with Crippen LogP contribution in [-0.4, -0.2) is 27.5 Å². The molecule has 5 nitrogen and oxygen atoms in total. The van der Waals surface area contributed by atoms with E-state index in [2.05, 4.69) is 45.1 Å². The zero-order valence-corrected chi connectivity index (χ0v) is 16.2. The average molecular weight is 406 g/mol. The number of carbonyl (C=O) groups is 1. The highest BCUT2D eigenvalue weighted by molar-refractivity contribution is 9.10. The number of halogens is 1. The van der Waals surface area contributed by atoms with Crippen LogP contribution in [0.25, 0.3) is 0 Å². The van der Waals surface area contributed by atoms with E-state index < -0.39 is 0 Å². The van der Waals surface area contributed by atoms with Gasteiger partial charge in [-0.1, -0.05) is 40.1 Å². The van der Waals surface area contributed by atoms with E-state index in [0.717, 1.165) is 48.9 Å². The molecular formula is C19H24BrN3O2. The maximum Gasteiger partial charge on any atom is 0.226 e. The number of carbonyl (C=O) groups excluding carboxylic acids is 1. The predicted molar refractivity (Wildman–Crippen MR) is 99.1 cm³/mol. The summed E-state index contributed by atoms with van der Waals surface area (Å²) in [6.07, 6.45) is 5.87. The van der Waals surface area contributed by atoms with Crippen molar-refractivity contribution in [3.63, 3.8) is 0 Å². The fourth-order valence-electron chi connectivity index (χ4n) is 3.38. The minimum Gasteiger partial charge on any atom is -0.339 e. The molecule has 2 heterocycles. The summed E-state index contributed by atoms with van der Waals surface area (Å²) in [5.74, 6) is 1.62. The molecular weight excluding hydrogens is 382 g/mol. The lowest BCUT2D eigenvalue weighted by Gasteiger charge is -2.25. The molecule has 3 rings (SSSR count). The maximum atomic E-state index is 12.7. The molecule has 0 aliphatic carbocycles. The van der Waals surface area contributed by atoms with Gasteiger partial charge in [-0.05, 0) is 43.4 Å². The van der Waals surface area contributed by atoms with Gasteiger partial charge in [-0.25, -0.2) is 0 Å². The van der Waals surface area contributed by atoms with Crippen LogP contribution < -0.4 is 0 Å². The lowest BCUT2D eigenvalue weighted by Crippen LogP contribution is -2.30. The van der Waals surface area contributed by atoms with Crippen LogP contribution >= 0.6 is 15.9 Å². The fraction of sp³-hybridized carbons (Fsp3) is 0.526. The van der Waals surface area contributed by atoms with Crippen LogP contribution in [0.2, 0.25) is 0 Å². The normalized spacial score (nSPS) is 17.2. The van der Waals surface area contributed by atoms with E-state index in [9.17, 15) is 4.79 Å². The lowest BCUT2D eigenvalue weighted by atomic mass is 10.0. The average Bonchev–Trinajstić information content (AvgIpc) is 3.24. The van der Waals surface area contributed by atoms with Crippen molar-refractivity contribution in [2.24, 2.45) is 0 Å². The molecule has 2 aromatic rings. The summed E-state index contributed by atoms with van der Waals surface area (Å²) in [6, 6.07) is 8.47. The van der Waals surface area contributed by atoms with Crippen molar-refractivity contribution < 1.29 is 9.32 Å². The van der Waals surface area contributed by atoms with E-state index in [0.29, 0.717) is 18.7 Å². The quantitative estimate of drug-likeness (QED) is 0.681. The number of rotatable bonds is 7. The molecule has 1 aliphatic rings. The third-order valence-corrected chi connectivity index (χ3v) is 5.06. The predicted octanol–water partition coefficient (Wildman–Crippen LogP) is 4.47. The molecule has 0 saturated carbocycles. The number of aryl methyl sites for hydroxylation is 2. The number of nitrogens with zero attached hydrogens (tertiary/aromatic N) is 3. The summed E-state index contributed by atoms with van der Waals surface area (Å²) >= 11 is 3.52. The van der Waals surface area contributed by atoms with Crippen LogP contribution in [0.4, 0.5) is 0 Å². The standard InChI is InChI=1S/C19H24BrN3O2/c1-2-6-17-21-18(25-22-17)10-4-11-19(24)23-12-5-9-16(23)14-7-3-8-15(20)13-14/h3,7-8,13,16H,2,4-6,9-12H2,1H3. The molecule has 134 valence electrons. The summed E-state index contributed by atoms with van der Waals surface area (Å²) in [5, 5.41) is 3.96. The minimum absolute atomic E-state index is 0.199. The SMILES string of the molecule is CCCc1noc(CCCC(=O)N2CCCC2c2cccc(Br)c2)n1. The van der Waals surface area contributed by atoms with E-state index in [1.165, 1.54) is 5.56 Å². The zero-order valence-electron chi connectivity index (χ0n) is 14.6. The van der Waals surface area contributed by atoms with Gasteiger partial charge in [0.25, 0.3) is 0 Å². The second-order valence-electron chi connectivity index (χ2n) is 6.51. The first-order valence-corrected chi connectivity index (χ1v) is 9.83. The molecule has 1 fully saturated rings. The molecule has 1 amide bonds.